The van der Waals surface area contributed by atoms with E-state index >= 15 is 0 Å². The molecule has 0 aliphatic heterocycles. The lowest BCUT2D eigenvalue weighted by Crippen LogP contribution is -2.28. The van der Waals surface area contributed by atoms with E-state index in [0.717, 1.165) is 33.4 Å². The SMILES string of the molecule is O=S(=O)(Nc1ccc(C2(c3ccc(NS(=O)(=O)c4ccc(Cl)cc4)cc3)c3ccccc3-c3ccccc32)cc1)c1ccc(Cl)cc1. The molecule has 2 N–H and O–H groups in total. The fourth-order valence-corrected chi connectivity index (χ4v) is 8.63. The second kappa shape index (κ2) is 11.9. The van der Waals surface area contributed by atoms with Gasteiger partial charge in [0.2, 0.25) is 0 Å². The molecule has 7 rings (SSSR count). The number of hydrogen-bond donors (Lipinski definition) is 2. The lowest BCUT2D eigenvalue weighted by atomic mass is 9.67. The molecule has 1 aliphatic carbocycles. The zero-order valence-electron chi connectivity index (χ0n) is 24.6. The van der Waals surface area contributed by atoms with Gasteiger partial charge in [0.1, 0.15) is 0 Å². The molecular weight excluding hydrogens is 671 g/mol. The van der Waals surface area contributed by atoms with Crippen molar-refractivity contribution in [3.63, 3.8) is 0 Å². The second-order valence-electron chi connectivity index (χ2n) is 11.1. The Balaban J connectivity index is 1.31. The van der Waals surface area contributed by atoms with Crippen LogP contribution in [0, 0.1) is 0 Å². The molecule has 0 bridgehead atoms. The zero-order valence-corrected chi connectivity index (χ0v) is 27.7. The summed E-state index contributed by atoms with van der Waals surface area (Å²) in [6, 6.07) is 43.1. The number of rotatable bonds is 8. The van der Waals surface area contributed by atoms with Crippen molar-refractivity contribution in [3.05, 3.63) is 178 Å². The predicted octanol–water partition coefficient (Wildman–Crippen LogP) is 8.96. The van der Waals surface area contributed by atoms with Crippen molar-refractivity contribution in [2.24, 2.45) is 0 Å². The molecule has 0 spiro atoms. The molecule has 1 aliphatic rings. The Bertz CT molecular complexity index is 2160. The number of halogens is 2. The Kier molecular flexibility index (Phi) is 7.85. The van der Waals surface area contributed by atoms with Gasteiger partial charge in [0.05, 0.1) is 15.2 Å². The summed E-state index contributed by atoms with van der Waals surface area (Å²) in [5.41, 5.74) is 6.17. The van der Waals surface area contributed by atoms with Crippen LogP contribution in [0.15, 0.2) is 155 Å². The molecule has 0 fully saturated rings. The molecular formula is C37H26Cl2N2O4S2. The van der Waals surface area contributed by atoms with Crippen LogP contribution >= 0.6 is 23.2 Å². The van der Waals surface area contributed by atoms with Crippen molar-refractivity contribution in [3.8, 4) is 11.1 Å². The summed E-state index contributed by atoms with van der Waals surface area (Å²) in [5, 5.41) is 0.894. The maximum Gasteiger partial charge on any atom is 0.261 e. The third-order valence-electron chi connectivity index (χ3n) is 8.34. The van der Waals surface area contributed by atoms with E-state index in [2.05, 4.69) is 33.7 Å². The highest BCUT2D eigenvalue weighted by molar-refractivity contribution is 7.93. The maximum atomic E-state index is 13.1. The van der Waals surface area contributed by atoms with Crippen molar-refractivity contribution in [1.29, 1.82) is 0 Å². The van der Waals surface area contributed by atoms with Gasteiger partial charge in [-0.1, -0.05) is 96.0 Å². The van der Waals surface area contributed by atoms with Crippen molar-refractivity contribution < 1.29 is 16.8 Å². The highest BCUT2D eigenvalue weighted by atomic mass is 35.5. The molecule has 47 heavy (non-hydrogen) atoms. The number of benzene rings is 6. The minimum Gasteiger partial charge on any atom is -0.280 e. The van der Waals surface area contributed by atoms with E-state index in [1.54, 1.807) is 24.3 Å². The van der Waals surface area contributed by atoms with Gasteiger partial charge in [-0.15, -0.1) is 0 Å². The summed E-state index contributed by atoms with van der Waals surface area (Å²) >= 11 is 11.9. The lowest BCUT2D eigenvalue weighted by Gasteiger charge is -2.34. The van der Waals surface area contributed by atoms with E-state index in [0.29, 0.717) is 21.4 Å². The minimum atomic E-state index is -3.84. The topological polar surface area (TPSA) is 92.3 Å². The Hall–Kier alpha value is -4.60. The average Bonchev–Trinajstić information content (AvgIpc) is 3.37. The maximum absolute atomic E-state index is 13.1. The third kappa shape index (κ3) is 5.57. The van der Waals surface area contributed by atoms with Gasteiger partial charge in [0.25, 0.3) is 20.0 Å². The molecule has 0 aromatic heterocycles. The number of sulfonamides is 2. The Morgan fingerprint density at radius 1 is 0.426 bits per heavy atom. The fraction of sp³-hybridized carbons (Fsp3) is 0.0270. The van der Waals surface area contributed by atoms with Crippen LogP contribution in [-0.4, -0.2) is 16.8 Å². The number of hydrogen-bond acceptors (Lipinski definition) is 4. The molecule has 0 amide bonds. The first-order valence-corrected chi connectivity index (χ1v) is 18.3. The van der Waals surface area contributed by atoms with Crippen LogP contribution in [0.2, 0.25) is 10.0 Å². The van der Waals surface area contributed by atoms with Crippen molar-refractivity contribution in [2.75, 3.05) is 9.44 Å². The summed E-state index contributed by atoms with van der Waals surface area (Å²) < 4.78 is 57.7. The van der Waals surface area contributed by atoms with Gasteiger partial charge in [0.15, 0.2) is 0 Å². The Labute approximate surface area is 283 Å². The van der Waals surface area contributed by atoms with E-state index in [4.69, 9.17) is 23.2 Å². The van der Waals surface area contributed by atoms with Crippen LogP contribution in [0.5, 0.6) is 0 Å². The normalized spacial score (nSPS) is 13.4. The average molecular weight is 698 g/mol. The first kappa shape index (κ1) is 31.0. The molecule has 10 heteroatoms. The van der Waals surface area contributed by atoms with Gasteiger partial charge in [-0.05, 0) is 106 Å². The van der Waals surface area contributed by atoms with Crippen molar-refractivity contribution in [1.82, 2.24) is 0 Å². The van der Waals surface area contributed by atoms with Gasteiger partial charge in [-0.25, -0.2) is 16.8 Å². The van der Waals surface area contributed by atoms with E-state index in [1.165, 1.54) is 48.5 Å². The van der Waals surface area contributed by atoms with Crippen LogP contribution in [-0.2, 0) is 25.5 Å². The molecule has 6 aromatic rings. The molecule has 0 unspecified atom stereocenters. The number of nitrogens with one attached hydrogen (secondary N) is 2. The molecule has 0 atom stereocenters. The molecule has 0 radical (unpaired) electrons. The molecule has 0 heterocycles. The second-order valence-corrected chi connectivity index (χ2v) is 15.4. The summed E-state index contributed by atoms with van der Waals surface area (Å²) in [7, 11) is -7.68. The number of fused-ring (bicyclic) bond motifs is 3. The standard InChI is InChI=1S/C37H26Cl2N2O4S2/c38-27-13-21-31(22-14-27)46(42,43)40-29-17-9-25(10-18-29)37(35-7-3-1-5-33(35)34-6-2-4-8-36(34)37)26-11-19-30(20-12-26)41-47(44,45)32-23-15-28(39)16-24-32/h1-24,40-41H. The van der Waals surface area contributed by atoms with Gasteiger partial charge in [0, 0.05) is 21.4 Å². The van der Waals surface area contributed by atoms with Crippen LogP contribution in [0.4, 0.5) is 11.4 Å². The van der Waals surface area contributed by atoms with Gasteiger partial charge in [-0.3, -0.25) is 9.44 Å². The molecule has 234 valence electrons. The van der Waals surface area contributed by atoms with Crippen LogP contribution in [0.25, 0.3) is 11.1 Å². The summed E-state index contributed by atoms with van der Waals surface area (Å²) in [6.45, 7) is 0. The first-order chi connectivity index (χ1) is 22.6. The van der Waals surface area contributed by atoms with Crippen LogP contribution < -0.4 is 9.44 Å². The van der Waals surface area contributed by atoms with Crippen molar-refractivity contribution in [2.45, 2.75) is 15.2 Å². The number of anilines is 2. The zero-order chi connectivity index (χ0) is 32.8. The van der Waals surface area contributed by atoms with E-state index in [1.807, 2.05) is 48.5 Å². The van der Waals surface area contributed by atoms with E-state index < -0.39 is 25.5 Å². The lowest BCUT2D eigenvalue weighted by molar-refractivity contribution is 0.599. The Morgan fingerprint density at radius 2 is 0.766 bits per heavy atom. The third-order valence-corrected chi connectivity index (χ3v) is 11.6. The molecule has 0 saturated heterocycles. The van der Waals surface area contributed by atoms with Gasteiger partial charge >= 0.3 is 0 Å². The largest absolute Gasteiger partial charge is 0.280 e. The Morgan fingerprint density at radius 3 is 1.13 bits per heavy atom. The molecule has 6 nitrogen and oxygen atoms in total. The first-order valence-electron chi connectivity index (χ1n) is 14.6. The quantitative estimate of drug-likeness (QED) is 0.166. The smallest absolute Gasteiger partial charge is 0.261 e. The summed E-state index contributed by atoms with van der Waals surface area (Å²) in [6.07, 6.45) is 0. The predicted molar refractivity (Wildman–Crippen MR) is 188 cm³/mol. The molecule has 6 aromatic carbocycles. The monoisotopic (exact) mass is 696 g/mol. The van der Waals surface area contributed by atoms with Gasteiger partial charge < -0.3 is 0 Å². The minimum absolute atomic E-state index is 0.105. The summed E-state index contributed by atoms with van der Waals surface area (Å²) in [4.78, 5) is 0.209. The summed E-state index contributed by atoms with van der Waals surface area (Å²) in [5.74, 6) is 0. The van der Waals surface area contributed by atoms with Crippen LogP contribution in [0.1, 0.15) is 22.3 Å². The fourth-order valence-electron chi connectivity index (χ4n) is 6.26. The highest BCUT2D eigenvalue weighted by Crippen LogP contribution is 2.56. The van der Waals surface area contributed by atoms with E-state index in [-0.39, 0.29) is 9.79 Å². The van der Waals surface area contributed by atoms with Crippen molar-refractivity contribution >= 4 is 54.6 Å². The van der Waals surface area contributed by atoms with E-state index in [9.17, 15) is 16.8 Å². The van der Waals surface area contributed by atoms with Gasteiger partial charge in [-0.2, -0.15) is 0 Å². The highest BCUT2D eigenvalue weighted by Gasteiger charge is 2.45. The van der Waals surface area contributed by atoms with Crippen LogP contribution in [0.3, 0.4) is 0 Å². The molecule has 0 saturated carbocycles.